The Labute approximate surface area is 199 Å². The highest BCUT2D eigenvalue weighted by Crippen LogP contribution is 2.26. The van der Waals surface area contributed by atoms with Crippen LogP contribution in [-0.2, 0) is 19.6 Å². The molecule has 0 spiro atoms. The van der Waals surface area contributed by atoms with Gasteiger partial charge in [0.2, 0.25) is 10.0 Å². The number of carbonyl (C=O) groups excluding carboxylic acids is 2. The predicted molar refractivity (Wildman–Crippen MR) is 125 cm³/mol. The molecular weight excluding hydrogens is 485 g/mol. The van der Waals surface area contributed by atoms with E-state index in [1.165, 1.54) is 22.5 Å². The van der Waals surface area contributed by atoms with Crippen LogP contribution in [0.5, 0.6) is 5.75 Å². The Morgan fingerprint density at radius 2 is 1.82 bits per heavy atom. The van der Waals surface area contributed by atoms with Gasteiger partial charge in [-0.3, -0.25) is 10.1 Å². The van der Waals surface area contributed by atoms with Crippen molar-refractivity contribution >= 4 is 38.4 Å². The third-order valence-electron chi connectivity index (χ3n) is 4.76. The lowest BCUT2D eigenvalue weighted by atomic mass is 10.2. The molecule has 0 atom stereocenters. The predicted octanol–water partition coefficient (Wildman–Crippen LogP) is 3.48. The minimum Gasteiger partial charge on any atom is -0.507 e. The van der Waals surface area contributed by atoms with Gasteiger partial charge in [-0.15, -0.1) is 11.3 Å². The number of amides is 1. The van der Waals surface area contributed by atoms with Crippen molar-refractivity contribution in [1.29, 1.82) is 0 Å². The number of aromatic hydroxyl groups is 1. The molecule has 0 radical (unpaired) electrons. The van der Waals surface area contributed by atoms with E-state index in [1.807, 2.05) is 0 Å². The molecule has 0 saturated carbocycles. The summed E-state index contributed by atoms with van der Waals surface area (Å²) in [6.45, 7) is 3.15. The number of rotatable bonds is 9. The van der Waals surface area contributed by atoms with Gasteiger partial charge in [-0.05, 0) is 42.5 Å². The fourth-order valence-corrected chi connectivity index (χ4v) is 5.22. The number of esters is 1. The number of carbonyl (C=O) groups is 2. The van der Waals surface area contributed by atoms with Crippen LogP contribution in [0.4, 0.5) is 9.52 Å². The number of ether oxygens (including phenoxy) is 1. The molecule has 0 bridgehead atoms. The molecule has 0 aliphatic heterocycles. The summed E-state index contributed by atoms with van der Waals surface area (Å²) in [4.78, 5) is 28.6. The maximum atomic E-state index is 13.1. The minimum absolute atomic E-state index is 0.179. The van der Waals surface area contributed by atoms with Crippen LogP contribution in [0.3, 0.4) is 0 Å². The first-order valence-corrected chi connectivity index (χ1v) is 12.5. The molecule has 3 rings (SSSR count). The lowest BCUT2D eigenvalue weighted by Crippen LogP contribution is -2.30. The van der Waals surface area contributed by atoms with E-state index in [4.69, 9.17) is 4.74 Å². The molecular formula is C22H22FN3O6S2. The highest BCUT2D eigenvalue weighted by atomic mass is 32.2. The zero-order valence-corrected chi connectivity index (χ0v) is 20.0. The van der Waals surface area contributed by atoms with Gasteiger partial charge in [-0.25, -0.2) is 22.6 Å². The lowest BCUT2D eigenvalue weighted by Gasteiger charge is -2.19. The van der Waals surface area contributed by atoms with Crippen LogP contribution in [0.1, 0.15) is 24.2 Å². The van der Waals surface area contributed by atoms with Gasteiger partial charge in [0.15, 0.2) is 11.7 Å². The second kappa shape index (κ2) is 10.7. The monoisotopic (exact) mass is 507 g/mol. The number of phenols is 1. The highest BCUT2D eigenvalue weighted by molar-refractivity contribution is 7.89. The van der Waals surface area contributed by atoms with Gasteiger partial charge in [-0.1, -0.05) is 13.8 Å². The Morgan fingerprint density at radius 1 is 1.15 bits per heavy atom. The first-order valence-electron chi connectivity index (χ1n) is 10.2. The van der Waals surface area contributed by atoms with E-state index in [0.717, 1.165) is 23.5 Å². The summed E-state index contributed by atoms with van der Waals surface area (Å²) in [5.74, 6) is -2.60. The smallest absolute Gasteiger partial charge is 0.342 e. The molecule has 12 heteroatoms. The van der Waals surface area contributed by atoms with Gasteiger partial charge in [0.25, 0.3) is 5.91 Å². The molecule has 0 aliphatic rings. The third kappa shape index (κ3) is 5.76. The number of hydrogen-bond acceptors (Lipinski definition) is 8. The molecule has 3 aromatic rings. The molecule has 0 unspecified atom stereocenters. The summed E-state index contributed by atoms with van der Waals surface area (Å²) in [7, 11) is -3.86. The van der Waals surface area contributed by atoms with Crippen LogP contribution in [0.15, 0.2) is 52.7 Å². The second-order valence-electron chi connectivity index (χ2n) is 6.94. The topological polar surface area (TPSA) is 126 Å². The number of thiazole rings is 1. The standard InChI is InChI=1S/C22H22FN3O6S2/c1-3-26(4-2)34(30,31)16-9-10-19(27)17(11-16)21(29)32-12-20(28)25-22-24-18(13-33-22)14-5-7-15(23)8-6-14/h5-11,13,27H,3-4,12H2,1-2H3,(H,24,25,28). The summed E-state index contributed by atoms with van der Waals surface area (Å²) in [5, 5.41) is 14.4. The molecule has 1 amide bonds. The van der Waals surface area contributed by atoms with E-state index in [2.05, 4.69) is 10.3 Å². The molecule has 0 fully saturated rings. The van der Waals surface area contributed by atoms with E-state index in [0.29, 0.717) is 11.3 Å². The van der Waals surface area contributed by atoms with Crippen molar-refractivity contribution in [2.75, 3.05) is 25.0 Å². The van der Waals surface area contributed by atoms with Crippen molar-refractivity contribution in [3.8, 4) is 17.0 Å². The first kappa shape index (κ1) is 25.3. The number of aromatic nitrogens is 1. The zero-order chi connectivity index (χ0) is 24.9. The van der Waals surface area contributed by atoms with E-state index in [1.54, 1.807) is 31.4 Å². The Kier molecular flexibility index (Phi) is 7.97. The Balaban J connectivity index is 1.64. The fourth-order valence-electron chi connectivity index (χ4n) is 3.00. The van der Waals surface area contributed by atoms with Crippen molar-refractivity contribution < 1.29 is 32.2 Å². The van der Waals surface area contributed by atoms with Crippen molar-refractivity contribution in [2.24, 2.45) is 0 Å². The first-order chi connectivity index (χ1) is 16.1. The van der Waals surface area contributed by atoms with E-state index in [9.17, 15) is 27.5 Å². The summed E-state index contributed by atoms with van der Waals surface area (Å²) in [6.07, 6.45) is 0. The van der Waals surface area contributed by atoms with E-state index in [-0.39, 0.29) is 34.5 Å². The molecule has 180 valence electrons. The number of halogens is 1. The molecule has 2 N–H and O–H groups in total. The van der Waals surface area contributed by atoms with Gasteiger partial charge in [0.1, 0.15) is 17.1 Å². The van der Waals surface area contributed by atoms with Crippen LogP contribution >= 0.6 is 11.3 Å². The number of hydrogen-bond donors (Lipinski definition) is 2. The summed E-state index contributed by atoms with van der Waals surface area (Å²) in [6, 6.07) is 8.98. The molecule has 2 aromatic carbocycles. The average Bonchev–Trinajstić information content (AvgIpc) is 3.27. The quantitative estimate of drug-likeness (QED) is 0.425. The van der Waals surface area contributed by atoms with Crippen LogP contribution in [-0.4, -0.2) is 54.4 Å². The number of benzene rings is 2. The molecule has 1 aromatic heterocycles. The summed E-state index contributed by atoms with van der Waals surface area (Å²) < 4.78 is 44.6. The minimum atomic E-state index is -3.86. The van der Waals surface area contributed by atoms with Crippen molar-refractivity contribution in [2.45, 2.75) is 18.7 Å². The fraction of sp³-hybridized carbons (Fsp3) is 0.227. The normalized spacial score (nSPS) is 11.4. The Hall–Kier alpha value is -3.35. The van der Waals surface area contributed by atoms with E-state index < -0.39 is 34.3 Å². The third-order valence-corrected chi connectivity index (χ3v) is 7.56. The van der Waals surface area contributed by atoms with Gasteiger partial charge in [-0.2, -0.15) is 4.31 Å². The molecule has 0 saturated heterocycles. The van der Waals surface area contributed by atoms with E-state index >= 15 is 0 Å². The van der Waals surface area contributed by atoms with Crippen molar-refractivity contribution in [1.82, 2.24) is 9.29 Å². The number of nitrogens with zero attached hydrogens (tertiary/aromatic N) is 2. The largest absolute Gasteiger partial charge is 0.507 e. The summed E-state index contributed by atoms with van der Waals surface area (Å²) >= 11 is 1.13. The Bertz CT molecular complexity index is 1290. The van der Waals surface area contributed by atoms with Crippen molar-refractivity contribution in [3.63, 3.8) is 0 Å². The zero-order valence-electron chi connectivity index (χ0n) is 18.3. The maximum Gasteiger partial charge on any atom is 0.342 e. The van der Waals surface area contributed by atoms with Gasteiger partial charge < -0.3 is 9.84 Å². The number of nitrogens with one attached hydrogen (secondary N) is 1. The average molecular weight is 508 g/mol. The maximum absolute atomic E-state index is 13.1. The second-order valence-corrected chi connectivity index (χ2v) is 9.73. The number of anilines is 1. The van der Waals surface area contributed by atoms with Crippen LogP contribution in [0.25, 0.3) is 11.3 Å². The summed E-state index contributed by atoms with van der Waals surface area (Å²) in [5.41, 5.74) is 0.821. The van der Waals surface area contributed by atoms with Gasteiger partial charge in [0.05, 0.1) is 10.6 Å². The molecule has 1 heterocycles. The number of sulfonamides is 1. The lowest BCUT2D eigenvalue weighted by molar-refractivity contribution is -0.119. The van der Waals surface area contributed by atoms with Crippen LogP contribution in [0.2, 0.25) is 0 Å². The SMILES string of the molecule is CCN(CC)S(=O)(=O)c1ccc(O)c(C(=O)OCC(=O)Nc2nc(-c3ccc(F)cc3)cs2)c1. The molecule has 0 aliphatic carbocycles. The molecule has 9 nitrogen and oxygen atoms in total. The van der Waals surface area contributed by atoms with Crippen LogP contribution < -0.4 is 5.32 Å². The van der Waals surface area contributed by atoms with Crippen LogP contribution in [0, 0.1) is 5.82 Å². The van der Waals surface area contributed by atoms with Gasteiger partial charge >= 0.3 is 5.97 Å². The van der Waals surface area contributed by atoms with Gasteiger partial charge in [0, 0.05) is 24.0 Å². The molecule has 34 heavy (non-hydrogen) atoms. The van der Waals surface area contributed by atoms with Crippen molar-refractivity contribution in [3.05, 3.63) is 59.2 Å². The number of phenolic OH excluding ortho intramolecular Hbond substituents is 1. The highest BCUT2D eigenvalue weighted by Gasteiger charge is 2.25. The Morgan fingerprint density at radius 3 is 2.47 bits per heavy atom.